The molecule has 0 aromatic carbocycles. The fraction of sp³-hybridized carbons (Fsp3) is 0. The van der Waals surface area contributed by atoms with Gasteiger partial charge >= 0.3 is 43.9 Å². The van der Waals surface area contributed by atoms with Gasteiger partial charge in [0.15, 0.2) is 0 Å². The van der Waals surface area contributed by atoms with Crippen molar-refractivity contribution in [2.45, 2.75) is 0 Å². The molecule has 0 aliphatic carbocycles. The Balaban J connectivity index is 4.06. The van der Waals surface area contributed by atoms with Gasteiger partial charge < -0.3 is 0 Å². The zero-order valence-electron chi connectivity index (χ0n) is 2.17. The van der Waals surface area contributed by atoms with Crippen molar-refractivity contribution in [1.29, 1.82) is 0 Å². The Morgan fingerprint density at radius 1 is 1.60 bits per heavy atom. The van der Waals surface area contributed by atoms with Gasteiger partial charge in [0.1, 0.15) is 0 Å². The van der Waals surface area contributed by atoms with Gasteiger partial charge in [-0.25, -0.2) is 0 Å². The van der Waals surface area contributed by atoms with Gasteiger partial charge in [0.25, 0.3) is 0 Å². The van der Waals surface area contributed by atoms with Gasteiger partial charge in [0.05, 0.1) is 0 Å². The fourth-order valence-corrected chi connectivity index (χ4v) is 0. The van der Waals surface area contributed by atoms with Gasteiger partial charge in [-0.05, 0) is 0 Å². The van der Waals surface area contributed by atoms with Crippen molar-refractivity contribution in [2.75, 3.05) is 0 Å². The maximum atomic E-state index is 9.25. The molecule has 0 saturated heterocycles. The van der Waals surface area contributed by atoms with E-state index < -0.39 is 6.67 Å². The van der Waals surface area contributed by atoms with Crippen LogP contribution in [0.2, 0.25) is 0 Å². The summed E-state index contributed by atoms with van der Waals surface area (Å²) >= 11 is -0.164. The summed E-state index contributed by atoms with van der Waals surface area (Å²) < 4.78 is 26.1. The molecule has 0 unspecified atom stereocenters. The van der Waals surface area contributed by atoms with E-state index in [1.54, 1.807) is 0 Å². The molecule has 0 heterocycles. The minimum absolute atomic E-state index is 0.164. The van der Waals surface area contributed by atoms with Crippen LogP contribution in [0.15, 0.2) is 0 Å². The molecule has 0 spiro atoms. The summed E-state index contributed by atoms with van der Waals surface area (Å²) in [5, 5.41) is 0. The summed E-state index contributed by atoms with van der Waals surface area (Å²) in [4.78, 5) is 0. The topological polar surface area (TPSA) is 54.4 Å². The normalized spacial score (nSPS) is 11.6. The van der Waals surface area contributed by atoms with Gasteiger partial charge in [-0.3, -0.25) is 0 Å². The molecule has 0 aromatic rings. The molecular weight excluding hydrogens is 287 g/mol. The van der Waals surface area contributed by atoms with Crippen molar-refractivity contribution < 1.29 is 13.0 Å². The average molecular weight is 288 g/mol. The molecule has 0 bridgehead atoms. The molecule has 0 aromatic heterocycles. The third-order valence-corrected chi connectivity index (χ3v) is 0. The van der Waals surface area contributed by atoms with E-state index in [9.17, 15) is 8.42 Å². The Morgan fingerprint density at radius 3 is 1.60 bits per heavy atom. The van der Waals surface area contributed by atoms with Crippen LogP contribution in [0, 0.1) is 0 Å². The summed E-state index contributed by atoms with van der Waals surface area (Å²) in [6.07, 6.45) is 0. The summed E-state index contributed by atoms with van der Waals surface area (Å²) in [7, 11) is 0. The summed E-state index contributed by atoms with van der Waals surface area (Å²) in [5.41, 5.74) is 0. The van der Waals surface area contributed by atoms with Gasteiger partial charge in [0, 0.05) is 0 Å². The second kappa shape index (κ2) is 1.52. The van der Waals surface area contributed by atoms with Crippen LogP contribution in [0.5, 0.6) is 0 Å². The molecule has 29 valence electrons. The van der Waals surface area contributed by atoms with Gasteiger partial charge in [-0.1, -0.05) is 0 Å². The first kappa shape index (κ1) is 5.83. The molecule has 0 rings (SSSR count). The second-order valence-corrected chi connectivity index (χ2v) is 7.44. The molecule has 3 radical (unpaired) electrons. The molecule has 1 N–H and O–H groups in total. The van der Waals surface area contributed by atoms with E-state index >= 15 is 0 Å². The molecule has 3 nitrogen and oxygen atoms in total. The van der Waals surface area contributed by atoms with Crippen LogP contribution in [0.4, 0.5) is 0 Å². The zero-order chi connectivity index (χ0) is 4.50. The van der Waals surface area contributed by atoms with Gasteiger partial charge in [-0.2, -0.15) is 0 Å². The first-order chi connectivity index (χ1) is 2.00. The van der Waals surface area contributed by atoms with Crippen LogP contribution < -0.4 is 0 Å². The van der Waals surface area contributed by atoms with E-state index in [0.29, 0.717) is 0 Å². The van der Waals surface area contributed by atoms with Crippen LogP contribution in [0.3, 0.4) is 0 Å². The predicted molar refractivity (Wildman–Crippen MR) is 17.3 cm³/mol. The van der Waals surface area contributed by atoms with Crippen LogP contribution in [0.1, 0.15) is 0 Å². The monoisotopic (exact) mass is 289 g/mol. The Bertz CT molecular complexity index is 90.1. The number of rotatable bonds is 0. The SMILES string of the molecule is O=[S](=O)(O)[Pb]. The van der Waals surface area contributed by atoms with Crippen molar-refractivity contribution in [3.05, 3.63) is 0 Å². The Kier molecular flexibility index (Phi) is 1.77. The van der Waals surface area contributed by atoms with Crippen LogP contribution in [-0.4, -0.2) is 37.2 Å². The van der Waals surface area contributed by atoms with E-state index in [0.717, 1.165) is 0 Å². The van der Waals surface area contributed by atoms with Crippen LogP contribution in [-0.2, 0) is 6.67 Å². The Labute approximate surface area is 44.0 Å². The predicted octanol–water partition coefficient (Wildman–Crippen LogP) is -1.04. The van der Waals surface area contributed by atoms with Gasteiger partial charge in [-0.15, -0.1) is 0 Å². The Hall–Kier alpha value is 0.832. The molecule has 0 amide bonds. The van der Waals surface area contributed by atoms with Crippen molar-refractivity contribution in [2.24, 2.45) is 0 Å². The zero-order valence-corrected chi connectivity index (χ0v) is 6.88. The summed E-state index contributed by atoms with van der Waals surface area (Å²) in [6, 6.07) is 0. The molecule has 0 aliphatic rings. The molecule has 0 aliphatic heterocycles. The number of hydrogen-bond donors (Lipinski definition) is 1. The van der Waals surface area contributed by atoms with Crippen LogP contribution >= 0.6 is 0 Å². The first-order valence-corrected chi connectivity index (χ1v) is 6.92. The van der Waals surface area contributed by atoms with E-state index in [-0.39, 0.29) is 24.3 Å². The van der Waals surface area contributed by atoms with E-state index in [1.807, 2.05) is 0 Å². The van der Waals surface area contributed by atoms with E-state index in [1.165, 1.54) is 0 Å². The quantitative estimate of drug-likeness (QED) is 0.457. The van der Waals surface area contributed by atoms with Crippen molar-refractivity contribution >= 4 is 30.9 Å². The molecule has 5 heavy (non-hydrogen) atoms. The van der Waals surface area contributed by atoms with E-state index in [2.05, 4.69) is 0 Å². The first-order valence-electron chi connectivity index (χ1n) is 0.720. The minimum atomic E-state index is -3.53. The average Bonchev–Trinajstić information content (AvgIpc) is 0.722. The van der Waals surface area contributed by atoms with E-state index in [4.69, 9.17) is 4.55 Å². The molecule has 0 fully saturated rings. The fourth-order valence-electron chi connectivity index (χ4n) is 0. The second-order valence-electron chi connectivity index (χ2n) is 0.475. The van der Waals surface area contributed by atoms with Gasteiger partial charge in [0.2, 0.25) is 0 Å². The molecule has 0 atom stereocenters. The summed E-state index contributed by atoms with van der Waals surface area (Å²) in [5.74, 6) is 0. The van der Waals surface area contributed by atoms with Crippen molar-refractivity contribution in [3.63, 3.8) is 0 Å². The van der Waals surface area contributed by atoms with Crippen LogP contribution in [0.25, 0.3) is 0 Å². The molecule has 0 saturated carbocycles. The maximum absolute atomic E-state index is 9.25. The Morgan fingerprint density at radius 2 is 1.60 bits per heavy atom. The standard InChI is InChI=1S/HO3S.Pb/c1-4(2)3;/h(H,1,2,3);. The third kappa shape index (κ3) is 56.0. The molecule has 5 heteroatoms. The van der Waals surface area contributed by atoms with Crippen molar-refractivity contribution in [1.82, 2.24) is 0 Å². The van der Waals surface area contributed by atoms with Crippen molar-refractivity contribution in [3.8, 4) is 0 Å². The third-order valence-electron chi connectivity index (χ3n) is 0. The summed E-state index contributed by atoms with van der Waals surface area (Å²) in [6.45, 7) is -3.53. The molecular formula is HO3PbS. The number of hydrogen-bond acceptors (Lipinski definition) is 2.